The lowest BCUT2D eigenvalue weighted by atomic mass is 9.96. The van der Waals surface area contributed by atoms with E-state index in [0.29, 0.717) is 0 Å². The number of benzene rings is 2. The molecule has 0 bridgehead atoms. The predicted octanol–water partition coefficient (Wildman–Crippen LogP) is 3.35. The third kappa shape index (κ3) is 3.66. The molecule has 1 aliphatic rings. The van der Waals surface area contributed by atoms with Crippen LogP contribution in [0, 0.1) is 0 Å². The van der Waals surface area contributed by atoms with E-state index < -0.39 is 0 Å². The van der Waals surface area contributed by atoms with Crippen LogP contribution in [-0.2, 0) is 0 Å². The maximum absolute atomic E-state index is 6.08. The summed E-state index contributed by atoms with van der Waals surface area (Å²) in [5, 5.41) is 4.17. The number of halogens is 1. The Balaban J connectivity index is 2.01. The quantitative estimate of drug-likeness (QED) is 0.900. The molecule has 1 atom stereocenters. The smallest absolute Gasteiger partial charge is 0.161 e. The Labute approximate surface area is 148 Å². The van der Waals surface area contributed by atoms with E-state index in [2.05, 4.69) is 34.5 Å². The number of ether oxygens (including phenoxy) is 2. The van der Waals surface area contributed by atoms with E-state index >= 15 is 0 Å². The maximum atomic E-state index is 6.08. The van der Waals surface area contributed by atoms with Crippen molar-refractivity contribution in [1.82, 2.24) is 10.2 Å². The molecule has 128 valence electrons. The van der Waals surface area contributed by atoms with Gasteiger partial charge in [0.05, 0.1) is 20.3 Å². The third-order valence-corrected chi connectivity index (χ3v) is 4.68. The summed E-state index contributed by atoms with van der Waals surface area (Å²) in [4.78, 5) is 2.49. The normalized spacial score (nSPS) is 16.6. The van der Waals surface area contributed by atoms with E-state index in [1.807, 2.05) is 18.2 Å². The summed E-state index contributed by atoms with van der Waals surface area (Å²) in [5.74, 6) is 1.50. The van der Waals surface area contributed by atoms with Crippen LogP contribution in [0.1, 0.15) is 17.2 Å². The second-order valence-electron chi connectivity index (χ2n) is 5.85. The van der Waals surface area contributed by atoms with Gasteiger partial charge >= 0.3 is 0 Å². The zero-order valence-electron chi connectivity index (χ0n) is 14.1. The second kappa shape index (κ2) is 7.88. The highest BCUT2D eigenvalue weighted by Gasteiger charge is 2.24. The van der Waals surface area contributed by atoms with Gasteiger partial charge in [0.15, 0.2) is 11.5 Å². The lowest BCUT2D eigenvalue weighted by Gasteiger charge is -2.35. The Kier molecular flexibility index (Phi) is 5.61. The molecule has 1 saturated heterocycles. The molecule has 2 aromatic rings. The summed E-state index contributed by atoms with van der Waals surface area (Å²) in [6, 6.07) is 14.4. The van der Waals surface area contributed by atoms with Crippen LogP contribution in [0.25, 0.3) is 0 Å². The van der Waals surface area contributed by atoms with E-state index in [-0.39, 0.29) is 6.04 Å². The molecule has 0 radical (unpaired) electrons. The Morgan fingerprint density at radius 1 is 0.917 bits per heavy atom. The summed E-state index contributed by atoms with van der Waals surface area (Å²) in [6.45, 7) is 4.00. The largest absolute Gasteiger partial charge is 0.493 e. The number of hydrogen-bond acceptors (Lipinski definition) is 4. The van der Waals surface area contributed by atoms with Gasteiger partial charge in [-0.15, -0.1) is 0 Å². The molecule has 0 amide bonds. The maximum Gasteiger partial charge on any atom is 0.161 e. The lowest BCUT2D eigenvalue weighted by molar-refractivity contribution is 0.198. The van der Waals surface area contributed by atoms with Gasteiger partial charge in [0.1, 0.15) is 0 Å². The number of piperazine rings is 1. The van der Waals surface area contributed by atoms with Crippen LogP contribution >= 0.6 is 11.6 Å². The number of nitrogens with one attached hydrogen (secondary N) is 1. The van der Waals surface area contributed by atoms with Crippen molar-refractivity contribution in [1.29, 1.82) is 0 Å². The third-order valence-electron chi connectivity index (χ3n) is 4.43. The topological polar surface area (TPSA) is 33.7 Å². The summed E-state index contributed by atoms with van der Waals surface area (Å²) < 4.78 is 10.9. The Bertz CT molecular complexity index is 670. The summed E-state index contributed by atoms with van der Waals surface area (Å²) in [5.41, 5.74) is 2.42. The molecule has 1 unspecified atom stereocenters. The van der Waals surface area contributed by atoms with Crippen LogP contribution in [0.15, 0.2) is 42.5 Å². The Hall–Kier alpha value is -1.75. The van der Waals surface area contributed by atoms with Crippen LogP contribution in [0.4, 0.5) is 0 Å². The Morgan fingerprint density at radius 2 is 1.54 bits per heavy atom. The fraction of sp³-hybridized carbons (Fsp3) is 0.368. The van der Waals surface area contributed by atoms with Gasteiger partial charge in [0.25, 0.3) is 0 Å². The molecule has 1 N–H and O–H groups in total. The zero-order valence-corrected chi connectivity index (χ0v) is 14.8. The van der Waals surface area contributed by atoms with Crippen molar-refractivity contribution in [2.45, 2.75) is 6.04 Å². The van der Waals surface area contributed by atoms with Gasteiger partial charge in [-0.1, -0.05) is 29.8 Å². The van der Waals surface area contributed by atoms with E-state index in [4.69, 9.17) is 21.1 Å². The second-order valence-corrected chi connectivity index (χ2v) is 6.29. The van der Waals surface area contributed by atoms with Crippen LogP contribution in [0.3, 0.4) is 0 Å². The van der Waals surface area contributed by atoms with Gasteiger partial charge in [-0.2, -0.15) is 0 Å². The first kappa shape index (κ1) is 17.1. The van der Waals surface area contributed by atoms with E-state index in [1.165, 1.54) is 11.1 Å². The van der Waals surface area contributed by atoms with Gasteiger partial charge < -0.3 is 14.8 Å². The highest BCUT2D eigenvalue weighted by atomic mass is 35.5. The minimum absolute atomic E-state index is 0.171. The number of hydrogen-bond donors (Lipinski definition) is 1. The fourth-order valence-electron chi connectivity index (χ4n) is 3.22. The lowest BCUT2D eigenvalue weighted by Crippen LogP contribution is -2.45. The molecule has 2 aromatic carbocycles. The summed E-state index contributed by atoms with van der Waals surface area (Å²) in [6.07, 6.45) is 0. The Morgan fingerprint density at radius 3 is 2.17 bits per heavy atom. The minimum atomic E-state index is 0.171. The van der Waals surface area contributed by atoms with Crippen molar-refractivity contribution >= 4 is 11.6 Å². The van der Waals surface area contributed by atoms with Crippen molar-refractivity contribution < 1.29 is 9.47 Å². The SMILES string of the molecule is COc1ccc(C(c2ccc(Cl)cc2)N2CCNCC2)cc1OC. The molecule has 0 saturated carbocycles. The fourth-order valence-corrected chi connectivity index (χ4v) is 3.35. The monoisotopic (exact) mass is 346 g/mol. The number of methoxy groups -OCH3 is 2. The molecule has 1 heterocycles. The molecular formula is C19H23ClN2O2. The molecule has 3 rings (SSSR count). The van der Waals surface area contributed by atoms with E-state index in [0.717, 1.165) is 42.7 Å². The van der Waals surface area contributed by atoms with Gasteiger partial charge in [-0.05, 0) is 35.4 Å². The highest BCUT2D eigenvalue weighted by Crippen LogP contribution is 2.35. The predicted molar refractivity (Wildman–Crippen MR) is 97.3 cm³/mol. The molecule has 1 aliphatic heterocycles. The van der Waals surface area contributed by atoms with Gasteiger partial charge in [-0.25, -0.2) is 0 Å². The first-order valence-corrected chi connectivity index (χ1v) is 8.53. The number of nitrogens with zero attached hydrogens (tertiary/aromatic N) is 1. The molecular weight excluding hydrogens is 324 g/mol. The van der Waals surface area contributed by atoms with E-state index in [9.17, 15) is 0 Å². The standard InChI is InChI=1S/C19H23ClN2O2/c1-23-17-8-5-15(13-18(17)24-2)19(22-11-9-21-10-12-22)14-3-6-16(20)7-4-14/h3-8,13,19,21H,9-12H2,1-2H3. The van der Waals surface area contributed by atoms with Crippen molar-refractivity contribution in [2.75, 3.05) is 40.4 Å². The van der Waals surface area contributed by atoms with Gasteiger partial charge in [0, 0.05) is 31.2 Å². The van der Waals surface area contributed by atoms with Crippen molar-refractivity contribution in [3.8, 4) is 11.5 Å². The highest BCUT2D eigenvalue weighted by molar-refractivity contribution is 6.30. The number of rotatable bonds is 5. The zero-order chi connectivity index (χ0) is 16.9. The molecule has 24 heavy (non-hydrogen) atoms. The summed E-state index contributed by atoms with van der Waals surface area (Å²) >= 11 is 6.08. The van der Waals surface area contributed by atoms with Crippen LogP contribution in [-0.4, -0.2) is 45.3 Å². The average molecular weight is 347 g/mol. The molecule has 0 aromatic heterocycles. The molecule has 5 heteroatoms. The van der Waals surface area contributed by atoms with Crippen molar-refractivity contribution in [3.05, 3.63) is 58.6 Å². The molecule has 0 spiro atoms. The van der Waals surface area contributed by atoms with Crippen LogP contribution in [0.5, 0.6) is 11.5 Å². The molecule has 4 nitrogen and oxygen atoms in total. The molecule has 1 fully saturated rings. The first-order chi connectivity index (χ1) is 11.7. The van der Waals surface area contributed by atoms with Crippen LogP contribution in [0.2, 0.25) is 5.02 Å². The average Bonchev–Trinajstić information content (AvgIpc) is 2.64. The van der Waals surface area contributed by atoms with Crippen molar-refractivity contribution in [3.63, 3.8) is 0 Å². The van der Waals surface area contributed by atoms with Gasteiger partial charge in [-0.3, -0.25) is 4.90 Å². The first-order valence-electron chi connectivity index (χ1n) is 8.15. The summed E-state index contributed by atoms with van der Waals surface area (Å²) in [7, 11) is 3.33. The molecule has 0 aliphatic carbocycles. The van der Waals surface area contributed by atoms with E-state index in [1.54, 1.807) is 14.2 Å². The van der Waals surface area contributed by atoms with Crippen molar-refractivity contribution in [2.24, 2.45) is 0 Å². The minimum Gasteiger partial charge on any atom is -0.493 e. The van der Waals surface area contributed by atoms with Gasteiger partial charge in [0.2, 0.25) is 0 Å². The van der Waals surface area contributed by atoms with Crippen LogP contribution < -0.4 is 14.8 Å².